The van der Waals surface area contributed by atoms with E-state index in [4.69, 9.17) is 4.74 Å². The number of ether oxygens (including phenoxy) is 1. The quantitative estimate of drug-likeness (QED) is 0.613. The minimum atomic E-state index is -0.463. The Bertz CT molecular complexity index is 1170. The van der Waals surface area contributed by atoms with Gasteiger partial charge in [0.2, 0.25) is 5.91 Å². The largest absolute Gasteiger partial charge is 0.506 e. The van der Waals surface area contributed by atoms with Gasteiger partial charge in [-0.05, 0) is 55.2 Å². The summed E-state index contributed by atoms with van der Waals surface area (Å²) in [6.07, 6.45) is 3.24. The Morgan fingerprint density at radius 3 is 2.41 bits per heavy atom. The first-order valence-corrected chi connectivity index (χ1v) is 12.1. The second-order valence-corrected chi connectivity index (χ2v) is 9.23. The highest BCUT2D eigenvalue weighted by Gasteiger charge is 2.38. The van der Waals surface area contributed by atoms with Gasteiger partial charge in [-0.15, -0.1) is 0 Å². The fourth-order valence-corrected chi connectivity index (χ4v) is 5.11. The lowest BCUT2D eigenvalue weighted by Gasteiger charge is -2.35. The fraction of sp³-hybridized carbons (Fsp3) is 0.357. The third-order valence-corrected chi connectivity index (χ3v) is 7.08. The summed E-state index contributed by atoms with van der Waals surface area (Å²) in [6, 6.07) is 20.3. The van der Waals surface area contributed by atoms with Gasteiger partial charge in [0.1, 0.15) is 17.5 Å². The number of hydrogen-bond acceptors (Lipinski definition) is 4. The second kappa shape index (κ2) is 9.75. The van der Waals surface area contributed by atoms with Crippen molar-refractivity contribution >= 4 is 22.6 Å². The highest BCUT2D eigenvalue weighted by molar-refractivity contribution is 6.05. The third-order valence-electron chi connectivity index (χ3n) is 7.08. The molecule has 6 nitrogen and oxygen atoms in total. The van der Waals surface area contributed by atoms with E-state index in [0.717, 1.165) is 30.4 Å². The predicted octanol–water partition coefficient (Wildman–Crippen LogP) is 4.47. The van der Waals surface area contributed by atoms with Gasteiger partial charge in [-0.25, -0.2) is 0 Å². The number of phenols is 1. The number of aromatic hydroxyl groups is 1. The number of phenolic OH excluding ortho intramolecular Hbond substituents is 1. The number of piperidine rings is 1. The van der Waals surface area contributed by atoms with Crippen molar-refractivity contribution in [3.8, 4) is 11.5 Å². The van der Waals surface area contributed by atoms with Crippen molar-refractivity contribution in [1.82, 2.24) is 9.80 Å². The minimum absolute atomic E-state index is 0.0135. The van der Waals surface area contributed by atoms with E-state index in [1.807, 2.05) is 59.5 Å². The summed E-state index contributed by atoms with van der Waals surface area (Å²) in [5, 5.41) is 12.3. The number of hydrogen-bond donors (Lipinski definition) is 1. The number of para-hydroxylation sites is 1. The first kappa shape index (κ1) is 22.3. The molecule has 0 saturated carbocycles. The van der Waals surface area contributed by atoms with E-state index in [2.05, 4.69) is 0 Å². The molecule has 176 valence electrons. The molecule has 1 N–H and O–H groups in total. The normalized spacial score (nSPS) is 18.9. The topological polar surface area (TPSA) is 70.1 Å². The van der Waals surface area contributed by atoms with E-state index in [1.165, 1.54) is 0 Å². The summed E-state index contributed by atoms with van der Waals surface area (Å²) in [6.45, 7) is 2.55. The second-order valence-electron chi connectivity index (χ2n) is 9.23. The number of likely N-dealkylation sites (tertiary alicyclic amines) is 2. The van der Waals surface area contributed by atoms with Gasteiger partial charge in [0.15, 0.2) is 0 Å². The van der Waals surface area contributed by atoms with Crippen LogP contribution in [0, 0.1) is 5.92 Å². The van der Waals surface area contributed by atoms with Gasteiger partial charge in [-0.2, -0.15) is 0 Å². The maximum absolute atomic E-state index is 13.4. The monoisotopic (exact) mass is 458 g/mol. The molecule has 0 spiro atoms. The standard InChI is InChI=1S/C28H30N2O4/c31-26-23-10-5-4-7-21(23)12-13-24(26)27(32)30-16-6-11-25(30)28(33)29-17-14-20(15-18-29)19-34-22-8-2-1-3-9-22/h1-5,7-10,12-13,20,25,31H,6,11,14-19H2. The molecule has 1 unspecified atom stereocenters. The fourth-order valence-electron chi connectivity index (χ4n) is 5.11. The molecule has 2 heterocycles. The van der Waals surface area contributed by atoms with E-state index < -0.39 is 6.04 Å². The lowest BCUT2D eigenvalue weighted by molar-refractivity contribution is -0.136. The maximum atomic E-state index is 13.4. The average molecular weight is 459 g/mol. The number of amides is 2. The number of nitrogens with zero attached hydrogens (tertiary/aromatic N) is 2. The van der Waals surface area contributed by atoms with Gasteiger partial charge in [-0.1, -0.05) is 48.5 Å². The Hall–Kier alpha value is -3.54. The molecule has 2 aliphatic rings. The molecule has 0 bridgehead atoms. The van der Waals surface area contributed by atoms with Gasteiger partial charge in [0.05, 0.1) is 12.2 Å². The van der Waals surface area contributed by atoms with Crippen LogP contribution in [0.3, 0.4) is 0 Å². The summed E-state index contributed by atoms with van der Waals surface area (Å²) in [7, 11) is 0. The van der Waals surface area contributed by atoms with Gasteiger partial charge in [-0.3, -0.25) is 9.59 Å². The molecule has 3 aromatic carbocycles. The molecule has 1 atom stereocenters. The van der Waals surface area contributed by atoms with E-state index in [0.29, 0.717) is 44.0 Å². The minimum Gasteiger partial charge on any atom is -0.506 e. The molecule has 3 aromatic rings. The van der Waals surface area contributed by atoms with Crippen LogP contribution in [0.2, 0.25) is 0 Å². The summed E-state index contributed by atoms with van der Waals surface area (Å²) in [5.41, 5.74) is 0.259. The molecule has 2 aliphatic heterocycles. The van der Waals surface area contributed by atoms with Gasteiger partial charge in [0, 0.05) is 25.0 Å². The lowest BCUT2D eigenvalue weighted by Crippen LogP contribution is -2.50. The van der Waals surface area contributed by atoms with Crippen LogP contribution in [0.1, 0.15) is 36.0 Å². The van der Waals surface area contributed by atoms with E-state index >= 15 is 0 Å². The summed E-state index contributed by atoms with van der Waals surface area (Å²) in [5.74, 6) is 1.03. The molecule has 0 aromatic heterocycles. The first-order valence-electron chi connectivity index (χ1n) is 12.1. The van der Waals surface area contributed by atoms with Crippen LogP contribution >= 0.6 is 0 Å². The number of carbonyl (C=O) groups excluding carboxylic acids is 2. The molecular weight excluding hydrogens is 428 g/mol. The van der Waals surface area contributed by atoms with Crippen LogP contribution in [0.4, 0.5) is 0 Å². The molecule has 0 aliphatic carbocycles. The Morgan fingerprint density at radius 1 is 0.882 bits per heavy atom. The Balaban J connectivity index is 1.21. The van der Waals surface area contributed by atoms with Crippen LogP contribution in [0.15, 0.2) is 66.7 Å². The Morgan fingerprint density at radius 2 is 1.62 bits per heavy atom. The molecule has 5 rings (SSSR count). The number of carbonyl (C=O) groups is 2. The van der Waals surface area contributed by atoms with E-state index in [-0.39, 0.29) is 23.1 Å². The van der Waals surface area contributed by atoms with Crippen molar-refractivity contribution in [2.24, 2.45) is 5.92 Å². The lowest BCUT2D eigenvalue weighted by atomic mass is 9.97. The van der Waals surface area contributed by atoms with Crippen molar-refractivity contribution in [2.45, 2.75) is 31.7 Å². The number of rotatable bonds is 5. The number of benzene rings is 3. The summed E-state index contributed by atoms with van der Waals surface area (Å²) < 4.78 is 5.90. The van der Waals surface area contributed by atoms with Crippen molar-refractivity contribution in [1.29, 1.82) is 0 Å². The van der Waals surface area contributed by atoms with Crippen molar-refractivity contribution in [2.75, 3.05) is 26.2 Å². The highest BCUT2D eigenvalue weighted by Crippen LogP contribution is 2.32. The van der Waals surface area contributed by atoms with E-state index in [9.17, 15) is 14.7 Å². The first-order chi connectivity index (χ1) is 16.6. The molecule has 34 heavy (non-hydrogen) atoms. The Kier molecular flexibility index (Phi) is 6.39. The zero-order valence-electron chi connectivity index (χ0n) is 19.2. The van der Waals surface area contributed by atoms with Gasteiger partial charge < -0.3 is 19.6 Å². The predicted molar refractivity (Wildman–Crippen MR) is 131 cm³/mol. The molecule has 2 fully saturated rings. The van der Waals surface area contributed by atoms with Crippen molar-refractivity contribution < 1.29 is 19.4 Å². The average Bonchev–Trinajstić information content (AvgIpc) is 3.38. The molecular formula is C28H30N2O4. The Labute approximate surface area is 199 Å². The van der Waals surface area contributed by atoms with Crippen molar-refractivity contribution in [3.63, 3.8) is 0 Å². The third kappa shape index (κ3) is 4.45. The van der Waals surface area contributed by atoms with Gasteiger partial charge >= 0.3 is 0 Å². The smallest absolute Gasteiger partial charge is 0.258 e. The zero-order valence-corrected chi connectivity index (χ0v) is 19.2. The molecule has 0 radical (unpaired) electrons. The van der Waals surface area contributed by atoms with Crippen molar-refractivity contribution in [3.05, 3.63) is 72.3 Å². The SMILES string of the molecule is O=C(C1CCCN1C(=O)c1ccc2ccccc2c1O)N1CCC(COc2ccccc2)CC1. The van der Waals surface area contributed by atoms with Crippen LogP contribution in [0.25, 0.3) is 10.8 Å². The number of fused-ring (bicyclic) bond motifs is 1. The summed E-state index contributed by atoms with van der Waals surface area (Å²) >= 11 is 0. The van der Waals surface area contributed by atoms with Crippen LogP contribution in [-0.2, 0) is 4.79 Å². The van der Waals surface area contributed by atoms with Crippen LogP contribution < -0.4 is 4.74 Å². The zero-order chi connectivity index (χ0) is 23.5. The molecule has 6 heteroatoms. The maximum Gasteiger partial charge on any atom is 0.258 e. The molecule has 2 amide bonds. The van der Waals surface area contributed by atoms with E-state index in [1.54, 1.807) is 17.0 Å². The highest BCUT2D eigenvalue weighted by atomic mass is 16.5. The van der Waals surface area contributed by atoms with Gasteiger partial charge in [0.25, 0.3) is 5.91 Å². The van der Waals surface area contributed by atoms with Crippen LogP contribution in [-0.4, -0.2) is 59.0 Å². The molecule has 2 saturated heterocycles. The van der Waals surface area contributed by atoms with Crippen LogP contribution in [0.5, 0.6) is 11.5 Å². The summed E-state index contributed by atoms with van der Waals surface area (Å²) in [4.78, 5) is 30.3.